The van der Waals surface area contributed by atoms with Crippen LogP contribution in [-0.4, -0.2) is 40.2 Å². The second-order valence-corrected chi connectivity index (χ2v) is 5.37. The van der Waals surface area contributed by atoms with Gasteiger partial charge in [0.15, 0.2) is 0 Å². The average Bonchev–Trinajstić information content (AvgIpc) is 2.85. The smallest absolute Gasteiger partial charge is 0.381 e. The second-order valence-electron chi connectivity index (χ2n) is 4.31. The van der Waals surface area contributed by atoms with Gasteiger partial charge in [-0.15, -0.1) is 10.1 Å². The minimum absolute atomic E-state index is 0.105. The number of thiophene rings is 1. The lowest BCUT2D eigenvalue weighted by Gasteiger charge is -2.14. The molecule has 0 saturated carbocycles. The molecule has 0 bridgehead atoms. The third-order valence-electron chi connectivity index (χ3n) is 2.62. The summed E-state index contributed by atoms with van der Waals surface area (Å²) in [6, 6.07) is 2.72. The summed E-state index contributed by atoms with van der Waals surface area (Å²) in [6.07, 6.45) is -3.01. The monoisotopic (exact) mass is 369 g/mol. The number of nitrogens with zero attached hydrogens (tertiary/aromatic N) is 2. The van der Waals surface area contributed by atoms with Crippen molar-refractivity contribution in [3.05, 3.63) is 49.0 Å². The molecule has 9 nitrogen and oxygen atoms in total. The van der Waals surface area contributed by atoms with Crippen LogP contribution in [0.4, 0.5) is 18.2 Å². The number of allylic oxidation sites excluding steroid dienone is 2. The zero-order valence-electron chi connectivity index (χ0n) is 11.9. The SMILES string of the molecule is O=[N+]([O-])O.O=[N+]([O-])c1ccc(C2=[NH+]CCCN/C(C(F)(F)F)=C\2)s1. The van der Waals surface area contributed by atoms with Crippen molar-refractivity contribution < 1.29 is 33.4 Å². The molecule has 1 aromatic rings. The van der Waals surface area contributed by atoms with E-state index in [1.807, 2.05) is 0 Å². The molecular weight excluding hydrogens is 357 g/mol. The van der Waals surface area contributed by atoms with Crippen LogP contribution in [0.15, 0.2) is 23.9 Å². The van der Waals surface area contributed by atoms with Gasteiger partial charge in [0.2, 0.25) is 5.71 Å². The first kappa shape index (κ1) is 19.3. The molecular formula is C11H12F3N4O5S+. The maximum Gasteiger partial charge on any atom is 0.431 e. The number of alkyl halides is 3. The largest absolute Gasteiger partial charge is 0.431 e. The predicted molar refractivity (Wildman–Crippen MR) is 76.5 cm³/mol. The van der Waals surface area contributed by atoms with Crippen LogP contribution >= 0.6 is 11.3 Å². The van der Waals surface area contributed by atoms with Crippen LogP contribution in [0.1, 0.15) is 11.3 Å². The molecule has 0 aliphatic carbocycles. The molecule has 2 rings (SSSR count). The van der Waals surface area contributed by atoms with Crippen LogP contribution in [0.25, 0.3) is 0 Å². The molecule has 0 saturated heterocycles. The van der Waals surface area contributed by atoms with Gasteiger partial charge in [-0.2, -0.15) is 13.2 Å². The quantitative estimate of drug-likeness (QED) is 0.517. The Morgan fingerprint density at radius 3 is 2.42 bits per heavy atom. The summed E-state index contributed by atoms with van der Waals surface area (Å²) < 4.78 is 38.4. The second kappa shape index (κ2) is 8.24. The Morgan fingerprint density at radius 1 is 1.29 bits per heavy atom. The number of nitro groups is 1. The fourth-order valence-electron chi connectivity index (χ4n) is 1.69. The Bertz CT molecular complexity index is 667. The summed E-state index contributed by atoms with van der Waals surface area (Å²) >= 11 is 0.838. The van der Waals surface area contributed by atoms with Crippen molar-refractivity contribution in [1.82, 2.24) is 5.32 Å². The highest BCUT2D eigenvalue weighted by Gasteiger charge is 2.35. The summed E-state index contributed by atoms with van der Waals surface area (Å²) in [6.45, 7) is 0.714. The zero-order valence-corrected chi connectivity index (χ0v) is 12.7. The molecule has 0 aromatic carbocycles. The van der Waals surface area contributed by atoms with Gasteiger partial charge in [-0.3, -0.25) is 10.1 Å². The van der Waals surface area contributed by atoms with Crippen LogP contribution in [-0.2, 0) is 0 Å². The van der Waals surface area contributed by atoms with Crippen molar-refractivity contribution >= 4 is 22.0 Å². The van der Waals surface area contributed by atoms with Gasteiger partial charge in [-0.05, 0) is 6.07 Å². The molecule has 1 aromatic heterocycles. The Labute approximate surface area is 136 Å². The molecule has 0 atom stereocenters. The minimum atomic E-state index is -4.48. The molecule has 0 amide bonds. The van der Waals surface area contributed by atoms with Crippen molar-refractivity contribution in [3.63, 3.8) is 0 Å². The van der Waals surface area contributed by atoms with E-state index in [1.165, 1.54) is 12.1 Å². The molecule has 24 heavy (non-hydrogen) atoms. The molecule has 0 unspecified atom stereocenters. The average molecular weight is 369 g/mol. The first-order valence-corrected chi connectivity index (χ1v) is 7.14. The lowest BCUT2D eigenvalue weighted by Crippen LogP contribution is -2.73. The molecule has 1 aliphatic heterocycles. The van der Waals surface area contributed by atoms with Gasteiger partial charge in [0.1, 0.15) is 17.1 Å². The molecule has 2 heterocycles. The third kappa shape index (κ3) is 6.20. The topological polar surface area (TPSA) is 133 Å². The summed E-state index contributed by atoms with van der Waals surface area (Å²) in [5.41, 5.74) is -0.613. The lowest BCUT2D eigenvalue weighted by atomic mass is 10.2. The number of rotatable bonds is 2. The summed E-state index contributed by atoms with van der Waals surface area (Å²) in [5, 5.41) is 26.5. The highest BCUT2D eigenvalue weighted by Crippen LogP contribution is 2.27. The fraction of sp³-hybridized carbons (Fsp3) is 0.364. The molecule has 13 heteroatoms. The van der Waals surface area contributed by atoms with Crippen LogP contribution in [0, 0.1) is 20.2 Å². The van der Waals surface area contributed by atoms with E-state index in [-0.39, 0.29) is 17.3 Å². The standard InChI is InChI=1S/C11H10F3N3O2S.HNO3/c12-11(13,14)9-6-7(15-4-1-5-16-9)8-2-3-10(20-8)17(18)19;2-1(3)4/h2-3,6,16H,1,4-5H2;(H,2,3,4)/p+1/b9-6-,15-7?;. The van der Waals surface area contributed by atoms with Crippen molar-refractivity contribution in [2.45, 2.75) is 12.6 Å². The van der Waals surface area contributed by atoms with E-state index >= 15 is 0 Å². The highest BCUT2D eigenvalue weighted by molar-refractivity contribution is 7.17. The number of hydrogen-bond acceptors (Lipinski definition) is 6. The Morgan fingerprint density at radius 2 is 1.92 bits per heavy atom. The van der Waals surface area contributed by atoms with E-state index < -0.39 is 21.9 Å². The highest BCUT2D eigenvalue weighted by atomic mass is 32.1. The van der Waals surface area contributed by atoms with Crippen molar-refractivity contribution in [1.29, 1.82) is 0 Å². The first-order valence-electron chi connectivity index (χ1n) is 6.32. The van der Waals surface area contributed by atoms with Crippen molar-refractivity contribution in [3.8, 4) is 0 Å². The molecule has 1 aliphatic rings. The van der Waals surface area contributed by atoms with E-state index in [4.69, 9.17) is 15.3 Å². The van der Waals surface area contributed by atoms with E-state index in [0.29, 0.717) is 17.8 Å². The van der Waals surface area contributed by atoms with Crippen molar-refractivity contribution in [2.75, 3.05) is 13.1 Å². The molecule has 0 spiro atoms. The maximum absolute atomic E-state index is 12.8. The van der Waals surface area contributed by atoms with E-state index in [2.05, 4.69) is 10.3 Å². The normalized spacial score (nSPS) is 17.0. The number of nitrogens with one attached hydrogen (secondary N) is 2. The Kier molecular flexibility index (Phi) is 6.64. The van der Waals surface area contributed by atoms with Crippen molar-refractivity contribution in [2.24, 2.45) is 0 Å². The molecule has 3 N–H and O–H groups in total. The molecule has 0 radical (unpaired) electrons. The van der Waals surface area contributed by atoms with Crippen LogP contribution in [0.2, 0.25) is 0 Å². The van der Waals surface area contributed by atoms with Gasteiger partial charge in [0.05, 0.1) is 4.92 Å². The molecule has 0 fully saturated rings. The third-order valence-corrected chi connectivity index (χ3v) is 3.69. The summed E-state index contributed by atoms with van der Waals surface area (Å²) in [5.74, 6) is 0. The van der Waals surface area contributed by atoms with Crippen LogP contribution < -0.4 is 10.3 Å². The summed E-state index contributed by atoms with van der Waals surface area (Å²) in [4.78, 5) is 21.7. The van der Waals surface area contributed by atoms with Gasteiger partial charge in [0, 0.05) is 25.1 Å². The van der Waals surface area contributed by atoms with Gasteiger partial charge in [0.25, 0.3) is 5.09 Å². The van der Waals surface area contributed by atoms with E-state index in [1.54, 1.807) is 0 Å². The predicted octanol–water partition coefficient (Wildman–Crippen LogP) is 0.618. The van der Waals surface area contributed by atoms with E-state index in [9.17, 15) is 23.3 Å². The van der Waals surface area contributed by atoms with Gasteiger partial charge >= 0.3 is 11.2 Å². The van der Waals surface area contributed by atoms with E-state index in [0.717, 1.165) is 17.4 Å². The fourth-order valence-corrected chi connectivity index (χ4v) is 2.50. The summed E-state index contributed by atoms with van der Waals surface area (Å²) in [7, 11) is 0. The Hall–Kier alpha value is -2.70. The number of halogens is 3. The maximum atomic E-state index is 12.8. The first-order chi connectivity index (χ1) is 11.1. The van der Waals surface area contributed by atoms with Crippen LogP contribution in [0.3, 0.4) is 0 Å². The Balaban J connectivity index is 0.000000648. The minimum Gasteiger partial charge on any atom is -0.381 e. The number of hydrogen-bond donors (Lipinski definition) is 3. The van der Waals surface area contributed by atoms with Gasteiger partial charge in [-0.1, -0.05) is 11.3 Å². The van der Waals surface area contributed by atoms with Gasteiger partial charge < -0.3 is 10.5 Å². The zero-order chi connectivity index (χ0) is 18.3. The lowest BCUT2D eigenvalue weighted by molar-refractivity contribution is -0.742. The van der Waals surface area contributed by atoms with Gasteiger partial charge in [-0.25, -0.2) is 4.99 Å². The van der Waals surface area contributed by atoms with Crippen LogP contribution in [0.5, 0.6) is 0 Å². The molecule has 132 valence electrons.